The Balaban J connectivity index is 0.969. The number of ether oxygens (including phenoxy) is 2. The topological polar surface area (TPSA) is 128 Å². The summed E-state index contributed by atoms with van der Waals surface area (Å²) in [6.07, 6.45) is 21.5. The lowest BCUT2D eigenvalue weighted by Crippen LogP contribution is -2.45. The average molecular weight is 967 g/mol. The molecule has 8 nitrogen and oxygen atoms in total. The Bertz CT molecular complexity index is 3340. The molecule has 2 aromatic carbocycles. The van der Waals surface area contributed by atoms with Crippen LogP contribution in [0.3, 0.4) is 0 Å². The van der Waals surface area contributed by atoms with Gasteiger partial charge in [-0.1, -0.05) is 37.1 Å². The molecule has 0 saturated heterocycles. The van der Waals surface area contributed by atoms with E-state index < -0.39 is 51.7 Å². The molecule has 4 heterocycles. The fraction of sp³-hybridized carbons (Fsp3) is 0.250. The standard InChI is InChI=1S/C56H34F4N4O4S2/c1-64-46(26-63)50-33-21-43(58)45(60)23-35(33)52(66)39(50)17-31-19-48-54(70-31)37-13-28-14-40-36(12-27(28)15-41(37)56(68-48)10-6-3-7-11-56)53-47(67-55(40)8-4-2-5-9-55)18-30(69-53)16-38-49(29(24-61)25-62)32-20-42(57)44(59)22-34(32)51(38)65/h12-23,27-28H,2-11H2/b38-16-,39-17-,50-46?. The summed E-state index contributed by atoms with van der Waals surface area (Å²) in [6.45, 7) is 7.70. The summed E-state index contributed by atoms with van der Waals surface area (Å²) in [5, 5.41) is 29.8. The van der Waals surface area contributed by atoms with Crippen molar-refractivity contribution in [1.82, 2.24) is 0 Å². The summed E-state index contributed by atoms with van der Waals surface area (Å²) < 4.78 is 72.3. The van der Waals surface area contributed by atoms with E-state index in [0.29, 0.717) is 21.3 Å². The van der Waals surface area contributed by atoms with Gasteiger partial charge in [0.15, 0.2) is 34.8 Å². The Morgan fingerprint density at radius 2 is 1.01 bits per heavy atom. The lowest BCUT2D eigenvalue weighted by molar-refractivity contribution is 0.0636. The number of benzene rings is 2. The third kappa shape index (κ3) is 6.40. The van der Waals surface area contributed by atoms with Gasteiger partial charge in [-0.2, -0.15) is 10.5 Å². The second-order valence-electron chi connectivity index (χ2n) is 18.8. The molecule has 2 unspecified atom stereocenters. The van der Waals surface area contributed by atoms with Crippen molar-refractivity contribution in [1.29, 1.82) is 15.8 Å². The summed E-state index contributed by atoms with van der Waals surface area (Å²) in [4.78, 5) is 34.0. The Morgan fingerprint density at radius 1 is 0.600 bits per heavy atom. The van der Waals surface area contributed by atoms with Crippen molar-refractivity contribution in [2.24, 2.45) is 11.8 Å². The van der Waals surface area contributed by atoms with Gasteiger partial charge in [0.05, 0.1) is 22.4 Å². The first-order chi connectivity index (χ1) is 33.9. The number of fused-ring (bicyclic) bond motifs is 11. The molecule has 2 aromatic heterocycles. The highest BCUT2D eigenvalue weighted by Crippen LogP contribution is 2.60. The molecule has 0 N–H and O–H groups in total. The molecule has 0 amide bonds. The molecular weight excluding hydrogens is 933 g/mol. The lowest BCUT2D eigenvalue weighted by atomic mass is 9.65. The van der Waals surface area contributed by atoms with E-state index in [1.165, 1.54) is 22.7 Å². The number of allylic oxidation sites excluding steroid dienone is 10. The van der Waals surface area contributed by atoms with Gasteiger partial charge in [0.2, 0.25) is 0 Å². The molecular formula is C56H34F4N4O4S2. The van der Waals surface area contributed by atoms with Crippen molar-refractivity contribution >= 4 is 68.7 Å². The number of halogens is 4. The minimum Gasteiger partial charge on any atom is -0.481 e. The van der Waals surface area contributed by atoms with Gasteiger partial charge in [-0.15, -0.1) is 22.7 Å². The summed E-state index contributed by atoms with van der Waals surface area (Å²) in [5.74, 6) is -4.91. The van der Waals surface area contributed by atoms with Gasteiger partial charge in [-0.3, -0.25) is 9.59 Å². The number of hydrogen-bond acceptors (Lipinski definition) is 9. The van der Waals surface area contributed by atoms with Gasteiger partial charge < -0.3 is 9.47 Å². The highest BCUT2D eigenvalue weighted by Gasteiger charge is 2.50. The number of rotatable bonds is 2. The molecule has 0 bridgehead atoms. The second kappa shape index (κ2) is 16.0. The molecule has 12 rings (SSSR count). The Hall–Kier alpha value is -7.62. The molecule has 2 atom stereocenters. The molecule has 14 heteroatoms. The van der Waals surface area contributed by atoms with Crippen LogP contribution >= 0.6 is 22.7 Å². The van der Waals surface area contributed by atoms with Gasteiger partial charge in [0.25, 0.3) is 5.70 Å². The van der Waals surface area contributed by atoms with E-state index in [2.05, 4.69) is 29.1 Å². The predicted molar refractivity (Wildman–Crippen MR) is 255 cm³/mol. The van der Waals surface area contributed by atoms with Crippen LogP contribution in [-0.2, 0) is 0 Å². The first-order valence-corrected chi connectivity index (χ1v) is 24.7. The number of hydrogen-bond donors (Lipinski definition) is 0. The second-order valence-corrected chi connectivity index (χ2v) is 21.0. The number of carbonyl (C=O) groups is 2. The first kappa shape index (κ1) is 43.6. The molecule has 8 aliphatic rings. The number of carbonyl (C=O) groups excluding carboxylic acids is 2. The van der Waals surface area contributed by atoms with Crippen LogP contribution in [0.5, 0.6) is 11.5 Å². The van der Waals surface area contributed by atoms with Crippen molar-refractivity contribution in [2.75, 3.05) is 0 Å². The van der Waals surface area contributed by atoms with E-state index in [0.717, 1.165) is 121 Å². The van der Waals surface area contributed by atoms with Crippen molar-refractivity contribution in [3.05, 3.63) is 171 Å². The Morgan fingerprint density at radius 3 is 1.43 bits per heavy atom. The van der Waals surface area contributed by atoms with Crippen LogP contribution in [0.2, 0.25) is 0 Å². The van der Waals surface area contributed by atoms with Crippen molar-refractivity contribution < 1.29 is 36.6 Å². The fourth-order valence-corrected chi connectivity index (χ4v) is 14.0. The smallest absolute Gasteiger partial charge is 0.270 e. The molecule has 2 fully saturated rings. The zero-order valence-electron chi connectivity index (χ0n) is 36.9. The molecule has 4 aromatic rings. The quantitative estimate of drug-likeness (QED) is 0.0847. The highest BCUT2D eigenvalue weighted by molar-refractivity contribution is 7.15. The number of ketones is 2. The Kier molecular flexibility index (Phi) is 9.96. The van der Waals surface area contributed by atoms with Crippen LogP contribution in [0.25, 0.3) is 39.3 Å². The summed E-state index contributed by atoms with van der Waals surface area (Å²) in [7, 11) is 0. The van der Waals surface area contributed by atoms with E-state index in [1.807, 2.05) is 30.3 Å². The summed E-state index contributed by atoms with van der Waals surface area (Å²) >= 11 is 2.81. The third-order valence-corrected chi connectivity index (χ3v) is 17.2. The van der Waals surface area contributed by atoms with Gasteiger partial charge in [-0.25, -0.2) is 27.7 Å². The Labute approximate surface area is 406 Å². The van der Waals surface area contributed by atoms with E-state index in [9.17, 15) is 42.9 Å². The van der Waals surface area contributed by atoms with Crippen LogP contribution < -0.4 is 9.47 Å². The van der Waals surface area contributed by atoms with E-state index >= 15 is 0 Å². The van der Waals surface area contributed by atoms with Crippen LogP contribution in [0.4, 0.5) is 17.6 Å². The van der Waals surface area contributed by atoms with E-state index in [4.69, 9.17) is 16.0 Å². The maximum atomic E-state index is 14.6. The minimum atomic E-state index is -1.21. The number of Topliss-reactive ketones (excluding diaryl/α,β-unsaturated/α-hetero) is 2. The SMILES string of the molecule is [C-]#[N+]C(C#N)=C1/C(=C/c2cc3c(s2)C2=CC4C=C5C(=CC4C=C2C2(CCCCC2)O3)c2sc(/C=C3\C(=O)c4cc(F)c(F)cc4C3=C(C#N)C#N)cc2OC52CCCCC2)C(=O)c2cc(F)c(F)cc21. The summed E-state index contributed by atoms with van der Waals surface area (Å²) in [6, 6.07) is 12.6. The normalized spacial score (nSPS) is 23.6. The zero-order valence-corrected chi connectivity index (χ0v) is 38.5. The monoisotopic (exact) mass is 966 g/mol. The molecule has 2 spiro atoms. The number of nitriles is 3. The molecule has 2 saturated carbocycles. The molecule has 70 heavy (non-hydrogen) atoms. The first-order valence-electron chi connectivity index (χ1n) is 23.0. The maximum absolute atomic E-state index is 14.6. The van der Waals surface area contributed by atoms with Gasteiger partial charge >= 0.3 is 0 Å². The summed E-state index contributed by atoms with van der Waals surface area (Å²) in [5.41, 5.74) is 1.84. The fourth-order valence-electron chi connectivity index (χ4n) is 11.9. The maximum Gasteiger partial charge on any atom is 0.270 e. The van der Waals surface area contributed by atoms with Gasteiger partial charge in [0, 0.05) is 66.2 Å². The minimum absolute atomic E-state index is 0.000688. The van der Waals surface area contributed by atoms with E-state index in [-0.39, 0.29) is 62.0 Å². The average Bonchev–Trinajstić information content (AvgIpc) is 4.09. The van der Waals surface area contributed by atoms with Crippen molar-refractivity contribution in [2.45, 2.75) is 75.4 Å². The molecule has 2 aliphatic heterocycles. The molecule has 0 radical (unpaired) electrons. The number of thiophene rings is 2. The zero-order chi connectivity index (χ0) is 48.4. The van der Waals surface area contributed by atoms with E-state index in [1.54, 1.807) is 12.2 Å². The van der Waals surface area contributed by atoms with Crippen LogP contribution in [-0.4, -0.2) is 22.8 Å². The largest absolute Gasteiger partial charge is 0.481 e. The van der Waals surface area contributed by atoms with Crippen molar-refractivity contribution in [3.8, 4) is 29.7 Å². The van der Waals surface area contributed by atoms with Crippen LogP contribution in [0.1, 0.15) is 116 Å². The van der Waals surface area contributed by atoms with Crippen molar-refractivity contribution in [3.63, 3.8) is 0 Å². The van der Waals surface area contributed by atoms with Gasteiger partial charge in [-0.05, 0) is 122 Å². The van der Waals surface area contributed by atoms with Crippen LogP contribution in [0.15, 0.2) is 94.3 Å². The third-order valence-electron chi connectivity index (χ3n) is 15.0. The molecule has 342 valence electrons. The predicted octanol–water partition coefficient (Wildman–Crippen LogP) is 13.7. The number of nitrogens with zero attached hydrogens (tertiary/aromatic N) is 4. The lowest BCUT2D eigenvalue weighted by Gasteiger charge is -2.48. The van der Waals surface area contributed by atoms with Crippen LogP contribution in [0, 0.1) is 75.7 Å². The highest BCUT2D eigenvalue weighted by atomic mass is 32.1. The molecule has 6 aliphatic carbocycles. The van der Waals surface area contributed by atoms with Gasteiger partial charge in [0.1, 0.15) is 40.4 Å².